The van der Waals surface area contributed by atoms with E-state index < -0.39 is 5.41 Å². The highest BCUT2D eigenvalue weighted by molar-refractivity contribution is 5.85. The van der Waals surface area contributed by atoms with Gasteiger partial charge in [0.15, 0.2) is 0 Å². The standard InChI is InChI=1S/C26H33N5O/c1-4-12-26(5-2,13-14-27-25-30-22-11-10-18(3)15-23(22)31-25)24(32)29-17-19-16-28-21-9-7-6-8-20(19)21/h6-11,15-16,28H,4-5,12-14,17H2,1-3H3,(H,29,32)(H2,27,30,31). The molecule has 6 heteroatoms. The number of anilines is 1. The summed E-state index contributed by atoms with van der Waals surface area (Å²) in [6.45, 7) is 7.55. The van der Waals surface area contributed by atoms with Crippen LogP contribution in [0.5, 0.6) is 0 Å². The number of rotatable bonds is 10. The Morgan fingerprint density at radius 3 is 2.75 bits per heavy atom. The van der Waals surface area contributed by atoms with E-state index in [-0.39, 0.29) is 5.91 Å². The summed E-state index contributed by atoms with van der Waals surface area (Å²) in [6, 6.07) is 14.4. The maximum Gasteiger partial charge on any atom is 0.226 e. The second-order valence-corrected chi connectivity index (χ2v) is 8.71. The van der Waals surface area contributed by atoms with Crippen molar-refractivity contribution in [3.05, 3.63) is 59.8 Å². The summed E-state index contributed by atoms with van der Waals surface area (Å²) in [5, 5.41) is 7.78. The number of aromatic amines is 2. The van der Waals surface area contributed by atoms with Crippen LogP contribution in [0.2, 0.25) is 0 Å². The molecule has 0 saturated carbocycles. The van der Waals surface area contributed by atoms with E-state index in [0.717, 1.165) is 59.1 Å². The van der Waals surface area contributed by atoms with Gasteiger partial charge in [0.25, 0.3) is 0 Å². The molecule has 32 heavy (non-hydrogen) atoms. The van der Waals surface area contributed by atoms with Gasteiger partial charge in [-0.25, -0.2) is 4.98 Å². The summed E-state index contributed by atoms with van der Waals surface area (Å²) in [5.74, 6) is 0.889. The molecule has 1 unspecified atom stereocenters. The third-order valence-electron chi connectivity index (χ3n) is 6.53. The molecule has 0 aliphatic carbocycles. The Balaban J connectivity index is 1.41. The number of hydrogen-bond donors (Lipinski definition) is 4. The molecular formula is C26H33N5O. The van der Waals surface area contributed by atoms with Crippen LogP contribution in [0.15, 0.2) is 48.7 Å². The largest absolute Gasteiger partial charge is 0.361 e. The first-order valence-electron chi connectivity index (χ1n) is 11.6. The van der Waals surface area contributed by atoms with Crippen LogP contribution in [0.3, 0.4) is 0 Å². The molecule has 4 N–H and O–H groups in total. The Morgan fingerprint density at radius 1 is 1.09 bits per heavy atom. The topological polar surface area (TPSA) is 85.6 Å². The van der Waals surface area contributed by atoms with Gasteiger partial charge in [-0.05, 0) is 55.5 Å². The number of nitrogens with zero attached hydrogens (tertiary/aromatic N) is 1. The van der Waals surface area contributed by atoms with Crippen molar-refractivity contribution in [1.29, 1.82) is 0 Å². The molecule has 0 aliphatic rings. The van der Waals surface area contributed by atoms with Gasteiger partial charge in [0.05, 0.1) is 16.4 Å². The van der Waals surface area contributed by atoms with Gasteiger partial charge in [-0.1, -0.05) is 44.5 Å². The van der Waals surface area contributed by atoms with Crippen molar-refractivity contribution >= 4 is 33.8 Å². The lowest BCUT2D eigenvalue weighted by Crippen LogP contribution is -2.41. The van der Waals surface area contributed by atoms with E-state index in [1.165, 1.54) is 5.56 Å². The molecule has 0 fully saturated rings. The highest BCUT2D eigenvalue weighted by Gasteiger charge is 2.35. The van der Waals surface area contributed by atoms with Crippen molar-refractivity contribution in [1.82, 2.24) is 20.3 Å². The molecule has 0 radical (unpaired) electrons. The number of nitrogens with one attached hydrogen (secondary N) is 4. The van der Waals surface area contributed by atoms with Gasteiger partial charge < -0.3 is 20.6 Å². The molecule has 168 valence electrons. The lowest BCUT2D eigenvalue weighted by Gasteiger charge is -2.31. The average molecular weight is 432 g/mol. The molecule has 1 amide bonds. The van der Waals surface area contributed by atoms with E-state index in [1.807, 2.05) is 24.4 Å². The first-order chi connectivity index (χ1) is 15.5. The first kappa shape index (κ1) is 21.9. The molecule has 1 atom stereocenters. The molecular weight excluding hydrogens is 398 g/mol. The molecule has 4 rings (SSSR count). The molecule has 0 aliphatic heterocycles. The maximum atomic E-state index is 13.4. The van der Waals surface area contributed by atoms with E-state index >= 15 is 0 Å². The Labute approximate surface area is 189 Å². The minimum atomic E-state index is -0.392. The molecule has 2 heterocycles. The Morgan fingerprint density at radius 2 is 1.94 bits per heavy atom. The molecule has 4 aromatic rings. The van der Waals surface area contributed by atoms with Crippen molar-refractivity contribution < 1.29 is 4.79 Å². The van der Waals surface area contributed by atoms with Crippen LogP contribution in [0, 0.1) is 12.3 Å². The molecule has 0 spiro atoms. The van der Waals surface area contributed by atoms with Gasteiger partial charge in [0.1, 0.15) is 0 Å². The van der Waals surface area contributed by atoms with Crippen LogP contribution in [0.1, 0.15) is 50.7 Å². The molecule has 2 aromatic heterocycles. The van der Waals surface area contributed by atoms with E-state index in [9.17, 15) is 4.79 Å². The zero-order valence-electron chi connectivity index (χ0n) is 19.2. The number of para-hydroxylation sites is 1. The Hall–Kier alpha value is -3.28. The number of H-pyrrole nitrogens is 2. The summed E-state index contributed by atoms with van der Waals surface area (Å²) in [7, 11) is 0. The van der Waals surface area contributed by atoms with Gasteiger partial charge in [0, 0.05) is 30.2 Å². The number of aromatic nitrogens is 3. The molecule has 0 bridgehead atoms. The Kier molecular flexibility index (Phi) is 6.49. The quantitative estimate of drug-likeness (QED) is 0.261. The highest BCUT2D eigenvalue weighted by Crippen LogP contribution is 2.33. The number of amides is 1. The fourth-order valence-corrected chi connectivity index (χ4v) is 4.61. The fourth-order valence-electron chi connectivity index (χ4n) is 4.61. The van der Waals surface area contributed by atoms with Crippen LogP contribution >= 0.6 is 0 Å². The predicted molar refractivity (Wildman–Crippen MR) is 132 cm³/mol. The van der Waals surface area contributed by atoms with Crippen LogP contribution in [-0.2, 0) is 11.3 Å². The summed E-state index contributed by atoms with van der Waals surface area (Å²) in [5.41, 5.74) is 5.00. The number of fused-ring (bicyclic) bond motifs is 2. The van der Waals surface area contributed by atoms with Gasteiger partial charge in [-0.3, -0.25) is 4.79 Å². The van der Waals surface area contributed by atoms with Crippen molar-refractivity contribution in [2.24, 2.45) is 5.41 Å². The second-order valence-electron chi connectivity index (χ2n) is 8.71. The van der Waals surface area contributed by atoms with E-state index in [2.05, 4.69) is 70.6 Å². The third-order valence-corrected chi connectivity index (χ3v) is 6.53. The van der Waals surface area contributed by atoms with E-state index in [0.29, 0.717) is 13.1 Å². The average Bonchev–Trinajstić information content (AvgIpc) is 3.40. The number of benzene rings is 2. The zero-order valence-corrected chi connectivity index (χ0v) is 19.2. The SMILES string of the molecule is CCCC(CC)(CCNc1nc2ccc(C)cc2[nH]1)C(=O)NCc1c[nH]c2ccccc12. The summed E-state index contributed by atoms with van der Waals surface area (Å²) in [4.78, 5) is 24.6. The molecule has 0 saturated heterocycles. The number of imidazole rings is 1. The second kappa shape index (κ2) is 9.47. The summed E-state index contributed by atoms with van der Waals surface area (Å²) >= 11 is 0. The van der Waals surface area contributed by atoms with Crippen LogP contribution in [-0.4, -0.2) is 27.4 Å². The fraction of sp³-hybridized carbons (Fsp3) is 0.385. The van der Waals surface area contributed by atoms with E-state index in [1.54, 1.807) is 0 Å². The number of hydrogen-bond acceptors (Lipinski definition) is 3. The van der Waals surface area contributed by atoms with E-state index in [4.69, 9.17) is 0 Å². The molecule has 6 nitrogen and oxygen atoms in total. The van der Waals surface area contributed by atoms with Gasteiger partial charge in [-0.15, -0.1) is 0 Å². The summed E-state index contributed by atoms with van der Waals surface area (Å²) < 4.78 is 0. The third kappa shape index (κ3) is 4.49. The van der Waals surface area contributed by atoms with Crippen molar-refractivity contribution in [3.63, 3.8) is 0 Å². The smallest absolute Gasteiger partial charge is 0.226 e. The van der Waals surface area contributed by atoms with Gasteiger partial charge >= 0.3 is 0 Å². The zero-order chi connectivity index (χ0) is 22.6. The monoisotopic (exact) mass is 431 g/mol. The van der Waals surface area contributed by atoms with Gasteiger partial charge in [-0.2, -0.15) is 0 Å². The number of aryl methyl sites for hydroxylation is 1. The predicted octanol–water partition coefficient (Wildman–Crippen LogP) is 5.67. The van der Waals surface area contributed by atoms with Crippen LogP contribution in [0.4, 0.5) is 5.95 Å². The summed E-state index contributed by atoms with van der Waals surface area (Å²) in [6.07, 6.45) is 5.39. The normalized spacial score (nSPS) is 13.3. The lowest BCUT2D eigenvalue weighted by molar-refractivity contribution is -0.132. The number of carbonyl (C=O) groups is 1. The highest BCUT2D eigenvalue weighted by atomic mass is 16.2. The van der Waals surface area contributed by atoms with Crippen LogP contribution in [0.25, 0.3) is 21.9 Å². The molecule has 2 aromatic carbocycles. The minimum Gasteiger partial charge on any atom is -0.361 e. The number of carbonyl (C=O) groups excluding carboxylic acids is 1. The Bertz CT molecular complexity index is 1210. The van der Waals surface area contributed by atoms with Crippen molar-refractivity contribution in [3.8, 4) is 0 Å². The maximum absolute atomic E-state index is 13.4. The lowest BCUT2D eigenvalue weighted by atomic mass is 9.76. The van der Waals surface area contributed by atoms with Gasteiger partial charge in [0.2, 0.25) is 11.9 Å². The van der Waals surface area contributed by atoms with Crippen molar-refractivity contribution in [2.45, 2.75) is 53.0 Å². The van der Waals surface area contributed by atoms with Crippen molar-refractivity contribution in [2.75, 3.05) is 11.9 Å². The first-order valence-corrected chi connectivity index (χ1v) is 11.6. The van der Waals surface area contributed by atoms with Crippen LogP contribution < -0.4 is 10.6 Å². The minimum absolute atomic E-state index is 0.133.